The topological polar surface area (TPSA) is 76.5 Å². The average molecular weight is 444 g/mol. The van der Waals surface area contributed by atoms with Crippen molar-refractivity contribution >= 4 is 35.1 Å². The number of nitrogens with zero attached hydrogens (tertiary/aromatic N) is 5. The number of carbonyl (C=O) groups is 3. The highest BCUT2D eigenvalue weighted by atomic mass is 16.2. The lowest BCUT2D eigenvalue weighted by molar-refractivity contribution is -0.142. The van der Waals surface area contributed by atoms with Gasteiger partial charge in [0.1, 0.15) is 0 Å². The van der Waals surface area contributed by atoms with Crippen molar-refractivity contribution in [3.05, 3.63) is 71.9 Å². The van der Waals surface area contributed by atoms with Crippen LogP contribution in [0.2, 0.25) is 0 Å². The second kappa shape index (κ2) is 7.58. The highest BCUT2D eigenvalue weighted by molar-refractivity contribution is 6.16. The van der Waals surface area contributed by atoms with Crippen LogP contribution in [0.15, 0.2) is 65.8 Å². The highest BCUT2D eigenvalue weighted by Gasteiger charge is 2.56. The van der Waals surface area contributed by atoms with E-state index in [-0.39, 0.29) is 5.78 Å². The summed E-state index contributed by atoms with van der Waals surface area (Å²) in [5, 5.41) is 0. The van der Waals surface area contributed by atoms with Crippen LogP contribution < -0.4 is 4.90 Å². The Morgan fingerprint density at radius 1 is 1.03 bits per heavy atom. The van der Waals surface area contributed by atoms with Gasteiger partial charge in [-0.15, -0.1) is 0 Å². The number of likely N-dealkylation sites (N-methyl/N-ethyl adjacent to an activating group) is 1. The van der Waals surface area contributed by atoms with Crippen molar-refractivity contribution in [2.24, 2.45) is 4.99 Å². The number of amides is 3. The van der Waals surface area contributed by atoms with E-state index in [2.05, 4.69) is 0 Å². The Hall–Kier alpha value is -3.94. The largest absolute Gasteiger partial charge is 0.328 e. The van der Waals surface area contributed by atoms with Crippen LogP contribution in [0.4, 0.5) is 10.5 Å². The first-order chi connectivity index (χ1) is 15.8. The minimum absolute atomic E-state index is 0.245. The molecule has 3 amide bonds. The van der Waals surface area contributed by atoms with Crippen LogP contribution >= 0.6 is 0 Å². The molecule has 0 radical (unpaired) electrons. The molecule has 3 aliphatic rings. The maximum Gasteiger partial charge on any atom is 0.328 e. The van der Waals surface area contributed by atoms with Crippen LogP contribution in [-0.2, 0) is 9.59 Å². The maximum atomic E-state index is 13.5. The van der Waals surface area contributed by atoms with Crippen molar-refractivity contribution in [1.29, 1.82) is 0 Å². The van der Waals surface area contributed by atoms with Crippen molar-refractivity contribution in [2.45, 2.75) is 39.0 Å². The molecule has 0 spiro atoms. The fraction of sp³-hybridized carbons (Fsp3) is 0.280. The van der Waals surface area contributed by atoms with E-state index in [0.717, 1.165) is 27.4 Å². The number of rotatable bonds is 4. The van der Waals surface area contributed by atoms with Gasteiger partial charge < -0.3 is 4.90 Å². The molecule has 8 heteroatoms. The first kappa shape index (κ1) is 20.9. The number of imide groups is 1. The molecule has 0 bridgehead atoms. The van der Waals surface area contributed by atoms with Gasteiger partial charge in [0, 0.05) is 24.5 Å². The number of anilines is 1. The quantitative estimate of drug-likeness (QED) is 0.726. The van der Waals surface area contributed by atoms with Gasteiger partial charge >= 0.3 is 6.03 Å². The van der Waals surface area contributed by atoms with E-state index in [4.69, 9.17) is 4.99 Å². The minimum atomic E-state index is -0.842. The van der Waals surface area contributed by atoms with E-state index in [1.54, 1.807) is 14.0 Å². The lowest BCUT2D eigenvalue weighted by Gasteiger charge is -2.41. The van der Waals surface area contributed by atoms with Gasteiger partial charge in [-0.05, 0) is 32.9 Å². The molecule has 33 heavy (non-hydrogen) atoms. The molecule has 1 fully saturated rings. The molecule has 5 rings (SSSR count). The predicted octanol–water partition coefficient (Wildman–Crippen LogP) is 3.05. The first-order valence-corrected chi connectivity index (χ1v) is 10.9. The van der Waals surface area contributed by atoms with Gasteiger partial charge in [0.2, 0.25) is 5.96 Å². The number of hydrogen-bond acceptors (Lipinski definition) is 6. The number of hydrogen-bond donors (Lipinski definition) is 0. The number of aliphatic imine (C=N–C) groups is 1. The smallest absolute Gasteiger partial charge is 0.302 e. The molecule has 3 heterocycles. The summed E-state index contributed by atoms with van der Waals surface area (Å²) in [6.07, 6.45) is 1.24. The summed E-state index contributed by atoms with van der Waals surface area (Å²) in [7, 11) is 1.62. The van der Waals surface area contributed by atoms with Crippen molar-refractivity contribution < 1.29 is 14.4 Å². The molecule has 0 aliphatic carbocycles. The third-order valence-corrected chi connectivity index (χ3v) is 6.50. The first-order valence-electron chi connectivity index (χ1n) is 10.9. The number of ketones is 1. The van der Waals surface area contributed by atoms with E-state index < -0.39 is 30.2 Å². The molecule has 3 unspecified atom stereocenters. The Bertz CT molecular complexity index is 1200. The standard InChI is InChI=1S/C25H25N5O3/c1-15-10-12-19(13-11-15)30-20(18-8-6-5-7-9-18)14-28-21-22(26-24(28)30)27(4)25(33)29(23(21)32)16(2)17(3)31/h5-14,16,21-22H,1-4H3. The van der Waals surface area contributed by atoms with Crippen molar-refractivity contribution in [3.63, 3.8) is 0 Å². The van der Waals surface area contributed by atoms with Gasteiger partial charge in [0.15, 0.2) is 18.0 Å². The van der Waals surface area contributed by atoms with Gasteiger partial charge in [-0.2, -0.15) is 0 Å². The number of aryl methyl sites for hydroxylation is 1. The van der Waals surface area contributed by atoms with Gasteiger partial charge in [-0.3, -0.25) is 24.3 Å². The molecule has 168 valence electrons. The van der Waals surface area contributed by atoms with Gasteiger partial charge in [-0.1, -0.05) is 48.0 Å². The molecule has 0 saturated carbocycles. The molecule has 3 aliphatic heterocycles. The Kier molecular flexibility index (Phi) is 4.81. The fourth-order valence-corrected chi connectivity index (χ4v) is 4.50. The number of urea groups is 1. The monoisotopic (exact) mass is 443 g/mol. The van der Waals surface area contributed by atoms with Crippen LogP contribution in [0.25, 0.3) is 5.70 Å². The number of benzene rings is 2. The zero-order chi connectivity index (χ0) is 23.4. The summed E-state index contributed by atoms with van der Waals surface area (Å²) < 4.78 is 0. The lowest BCUT2D eigenvalue weighted by atomic mass is 10.1. The summed E-state index contributed by atoms with van der Waals surface area (Å²) in [5.74, 6) is -0.0806. The maximum absolute atomic E-state index is 13.5. The summed E-state index contributed by atoms with van der Waals surface area (Å²) in [6, 6.07) is 15.9. The number of fused-ring (bicyclic) bond motifs is 3. The zero-order valence-corrected chi connectivity index (χ0v) is 19.0. The SMILES string of the molecule is CC(=O)C(C)N1C(=O)C2C(N=C3N(c4ccc(C)cc4)C(c4ccccc4)=CN32)N(C)C1=O. The molecule has 0 N–H and O–H groups in total. The summed E-state index contributed by atoms with van der Waals surface area (Å²) in [5.41, 5.74) is 3.91. The van der Waals surface area contributed by atoms with Crippen molar-refractivity contribution in [2.75, 3.05) is 11.9 Å². The second-order valence-corrected chi connectivity index (χ2v) is 8.63. The number of guanidine groups is 1. The minimum Gasteiger partial charge on any atom is -0.302 e. The molecule has 3 atom stereocenters. The third kappa shape index (κ3) is 3.13. The van der Waals surface area contributed by atoms with Crippen LogP contribution in [-0.4, -0.2) is 63.7 Å². The lowest BCUT2D eigenvalue weighted by Crippen LogP contribution is -2.66. The van der Waals surface area contributed by atoms with E-state index in [1.807, 2.05) is 77.5 Å². The molecule has 2 aromatic rings. The van der Waals surface area contributed by atoms with Gasteiger partial charge in [0.25, 0.3) is 5.91 Å². The molecule has 1 saturated heterocycles. The molecular weight excluding hydrogens is 418 g/mol. The van der Waals surface area contributed by atoms with Crippen molar-refractivity contribution in [1.82, 2.24) is 14.7 Å². The number of Topliss-reactive ketones (excluding diaryl/α,β-unsaturated/α-hetero) is 1. The Balaban J connectivity index is 1.62. The Morgan fingerprint density at radius 2 is 1.70 bits per heavy atom. The Labute approximate surface area is 192 Å². The van der Waals surface area contributed by atoms with Crippen LogP contribution in [0.1, 0.15) is 25.0 Å². The number of carbonyl (C=O) groups excluding carboxylic acids is 3. The van der Waals surface area contributed by atoms with E-state index in [1.165, 1.54) is 11.8 Å². The predicted molar refractivity (Wildman–Crippen MR) is 125 cm³/mol. The normalized spacial score (nSPS) is 22.8. The summed E-state index contributed by atoms with van der Waals surface area (Å²) in [4.78, 5) is 49.7. The van der Waals surface area contributed by atoms with E-state index in [9.17, 15) is 14.4 Å². The fourth-order valence-electron chi connectivity index (χ4n) is 4.50. The molecule has 2 aromatic carbocycles. The second-order valence-electron chi connectivity index (χ2n) is 8.63. The third-order valence-electron chi connectivity index (χ3n) is 6.50. The van der Waals surface area contributed by atoms with Gasteiger partial charge in [0.05, 0.1) is 11.7 Å². The van der Waals surface area contributed by atoms with Crippen LogP contribution in [0, 0.1) is 6.92 Å². The summed E-state index contributed by atoms with van der Waals surface area (Å²) in [6.45, 7) is 4.99. The molecular formula is C25H25N5O3. The molecule has 0 aromatic heterocycles. The van der Waals surface area contributed by atoms with Gasteiger partial charge in [-0.25, -0.2) is 9.79 Å². The van der Waals surface area contributed by atoms with E-state index >= 15 is 0 Å². The zero-order valence-electron chi connectivity index (χ0n) is 19.0. The van der Waals surface area contributed by atoms with Crippen LogP contribution in [0.3, 0.4) is 0 Å². The van der Waals surface area contributed by atoms with E-state index in [0.29, 0.717) is 5.96 Å². The van der Waals surface area contributed by atoms with Crippen LogP contribution in [0.5, 0.6) is 0 Å². The average Bonchev–Trinajstić information content (AvgIpc) is 3.35. The summed E-state index contributed by atoms with van der Waals surface area (Å²) >= 11 is 0. The molecule has 8 nitrogen and oxygen atoms in total. The van der Waals surface area contributed by atoms with Crippen molar-refractivity contribution in [3.8, 4) is 0 Å². The Morgan fingerprint density at radius 3 is 2.33 bits per heavy atom. The highest BCUT2D eigenvalue weighted by Crippen LogP contribution is 2.40.